The van der Waals surface area contributed by atoms with Crippen LogP contribution >= 0.6 is 0 Å². The van der Waals surface area contributed by atoms with Crippen molar-refractivity contribution in [3.05, 3.63) is 52.6 Å². The van der Waals surface area contributed by atoms with Crippen molar-refractivity contribution in [1.82, 2.24) is 0 Å². The van der Waals surface area contributed by atoms with E-state index in [9.17, 15) is 0 Å². The summed E-state index contributed by atoms with van der Waals surface area (Å²) in [5, 5.41) is 0. The largest absolute Gasteiger partial charge is 0.0802 e. The van der Waals surface area contributed by atoms with Gasteiger partial charge >= 0.3 is 0 Å². The Balaban J connectivity index is 0.000000340. The second-order valence-electron chi connectivity index (χ2n) is 5.02. The highest BCUT2D eigenvalue weighted by molar-refractivity contribution is 5.74. The lowest BCUT2D eigenvalue weighted by Gasteiger charge is -2.13. The maximum atomic E-state index is 2.41. The minimum Gasteiger partial charge on any atom is -0.0802 e. The van der Waals surface area contributed by atoms with E-state index in [0.29, 0.717) is 0 Å². The molecule has 0 spiro atoms. The molecule has 0 aliphatic heterocycles. The van der Waals surface area contributed by atoms with Crippen molar-refractivity contribution in [3.8, 4) is 0 Å². The Labute approximate surface area is 123 Å². The molecule has 2 atom stereocenters. The van der Waals surface area contributed by atoms with E-state index in [1.54, 1.807) is 5.56 Å². The van der Waals surface area contributed by atoms with Crippen molar-refractivity contribution in [2.45, 2.75) is 46.5 Å². The highest BCUT2D eigenvalue weighted by Gasteiger charge is 2.39. The van der Waals surface area contributed by atoms with Crippen LogP contribution in [-0.2, 0) is 0 Å². The molecule has 1 aromatic rings. The molecule has 0 amide bonds. The summed E-state index contributed by atoms with van der Waals surface area (Å²) in [4.78, 5) is 0. The van der Waals surface area contributed by atoms with Gasteiger partial charge < -0.3 is 0 Å². The first-order valence-electron chi connectivity index (χ1n) is 8.11. The summed E-state index contributed by atoms with van der Waals surface area (Å²) in [6, 6.07) is 4.76. The molecule has 0 heteroatoms. The van der Waals surface area contributed by atoms with Crippen LogP contribution in [0.4, 0.5) is 0 Å². The SMILES string of the molecule is C1=Cc2cc3c(cc2C=CC1)C1CC1C=C3.CC.CC. The van der Waals surface area contributed by atoms with E-state index in [1.165, 1.54) is 23.1 Å². The predicted octanol–water partition coefficient (Wildman–Crippen LogP) is 6.30. The molecule has 0 radical (unpaired) electrons. The van der Waals surface area contributed by atoms with E-state index < -0.39 is 0 Å². The van der Waals surface area contributed by atoms with Gasteiger partial charge in [0.25, 0.3) is 0 Å². The first-order chi connectivity index (χ1) is 9.92. The van der Waals surface area contributed by atoms with Gasteiger partial charge in [0.2, 0.25) is 0 Å². The lowest BCUT2D eigenvalue weighted by Crippen LogP contribution is -1.95. The second-order valence-corrected chi connectivity index (χ2v) is 5.02. The number of hydrogen-bond acceptors (Lipinski definition) is 0. The number of benzene rings is 1. The summed E-state index contributed by atoms with van der Waals surface area (Å²) in [7, 11) is 0. The standard InChI is InChI=1S/C16H14.2C2H6/c1-2-4-11-8-13-6-7-14-10-16(14)15(13)9-12(11)5-3-1;2*1-2/h2-9,14,16H,1,10H2;2*1-2H3. The predicted molar refractivity (Wildman–Crippen MR) is 91.7 cm³/mol. The van der Waals surface area contributed by atoms with Crippen LogP contribution in [-0.4, -0.2) is 0 Å². The number of allylic oxidation sites excluding steroid dienone is 3. The summed E-state index contributed by atoms with van der Waals surface area (Å²) in [5.41, 5.74) is 5.79. The number of rotatable bonds is 0. The molecule has 0 N–H and O–H groups in total. The van der Waals surface area contributed by atoms with Crippen molar-refractivity contribution in [2.75, 3.05) is 0 Å². The quantitative estimate of drug-likeness (QED) is 0.517. The Morgan fingerprint density at radius 2 is 1.45 bits per heavy atom. The van der Waals surface area contributed by atoms with Crippen molar-refractivity contribution in [1.29, 1.82) is 0 Å². The molecule has 0 bridgehead atoms. The zero-order valence-corrected chi connectivity index (χ0v) is 13.2. The van der Waals surface area contributed by atoms with Crippen LogP contribution in [0.3, 0.4) is 0 Å². The molecule has 3 aliphatic carbocycles. The molecule has 0 nitrogen and oxygen atoms in total. The molecular formula is C20H26. The minimum atomic E-state index is 0.825. The third kappa shape index (κ3) is 2.80. The first kappa shape index (κ1) is 14.8. The highest BCUT2D eigenvalue weighted by Crippen LogP contribution is 2.53. The fourth-order valence-electron chi connectivity index (χ4n) is 2.90. The third-order valence-electron chi connectivity index (χ3n) is 3.92. The monoisotopic (exact) mass is 266 g/mol. The number of hydrogen-bond donors (Lipinski definition) is 0. The fraction of sp³-hybridized carbons (Fsp3) is 0.400. The van der Waals surface area contributed by atoms with E-state index in [4.69, 9.17) is 0 Å². The van der Waals surface area contributed by atoms with Crippen LogP contribution in [0.25, 0.3) is 18.2 Å². The zero-order valence-electron chi connectivity index (χ0n) is 13.2. The molecule has 3 aliphatic rings. The van der Waals surface area contributed by atoms with E-state index >= 15 is 0 Å². The van der Waals surface area contributed by atoms with Crippen molar-refractivity contribution in [3.63, 3.8) is 0 Å². The van der Waals surface area contributed by atoms with Gasteiger partial charge in [0, 0.05) is 0 Å². The van der Waals surface area contributed by atoms with Gasteiger partial charge in [-0.15, -0.1) is 0 Å². The molecule has 0 saturated heterocycles. The van der Waals surface area contributed by atoms with Crippen LogP contribution in [0.15, 0.2) is 30.4 Å². The van der Waals surface area contributed by atoms with Crippen LogP contribution in [0, 0.1) is 5.92 Å². The third-order valence-corrected chi connectivity index (χ3v) is 3.92. The van der Waals surface area contributed by atoms with E-state index in [2.05, 4.69) is 48.6 Å². The second kappa shape index (κ2) is 6.74. The minimum absolute atomic E-state index is 0.825. The van der Waals surface area contributed by atoms with Gasteiger partial charge in [-0.2, -0.15) is 0 Å². The molecule has 20 heavy (non-hydrogen) atoms. The molecular weight excluding hydrogens is 240 g/mol. The van der Waals surface area contributed by atoms with E-state index in [0.717, 1.165) is 18.3 Å². The van der Waals surface area contributed by atoms with E-state index in [1.807, 2.05) is 27.7 Å². The first-order valence-corrected chi connectivity index (χ1v) is 8.11. The maximum absolute atomic E-state index is 2.41. The van der Waals surface area contributed by atoms with Gasteiger partial charge in [-0.25, -0.2) is 0 Å². The van der Waals surface area contributed by atoms with Gasteiger partial charge in [0.15, 0.2) is 0 Å². The average Bonchev–Trinajstić information content (AvgIpc) is 3.32. The lowest BCUT2D eigenvalue weighted by molar-refractivity contribution is 0.995. The van der Waals surface area contributed by atoms with Crippen LogP contribution in [0.1, 0.15) is 68.7 Å². The highest BCUT2D eigenvalue weighted by atomic mass is 14.4. The van der Waals surface area contributed by atoms with Crippen LogP contribution in [0.2, 0.25) is 0 Å². The summed E-state index contributed by atoms with van der Waals surface area (Å²) in [6.45, 7) is 8.00. The molecule has 2 unspecified atom stereocenters. The fourth-order valence-corrected chi connectivity index (χ4v) is 2.90. The Bertz CT molecular complexity index is 543. The van der Waals surface area contributed by atoms with Crippen molar-refractivity contribution < 1.29 is 0 Å². The molecule has 1 fully saturated rings. The Kier molecular flexibility index (Phi) is 5.00. The number of fused-ring (bicyclic) bond motifs is 4. The molecule has 4 rings (SSSR count). The maximum Gasteiger partial charge on any atom is -0.00867 e. The van der Waals surface area contributed by atoms with Crippen LogP contribution < -0.4 is 0 Å². The van der Waals surface area contributed by atoms with Gasteiger partial charge in [0.1, 0.15) is 0 Å². The van der Waals surface area contributed by atoms with Crippen LogP contribution in [0.5, 0.6) is 0 Å². The molecule has 0 heterocycles. The normalized spacial score (nSPS) is 23.0. The zero-order chi connectivity index (χ0) is 14.5. The van der Waals surface area contributed by atoms with Gasteiger partial charge in [-0.3, -0.25) is 0 Å². The van der Waals surface area contributed by atoms with E-state index in [-0.39, 0.29) is 0 Å². The molecule has 0 aromatic heterocycles. The summed E-state index contributed by atoms with van der Waals surface area (Å²) < 4.78 is 0. The lowest BCUT2D eigenvalue weighted by atomic mass is 9.92. The molecule has 106 valence electrons. The summed E-state index contributed by atoms with van der Waals surface area (Å²) in [6.07, 6.45) is 16.1. The van der Waals surface area contributed by atoms with Gasteiger partial charge in [0.05, 0.1) is 0 Å². The Morgan fingerprint density at radius 3 is 2.15 bits per heavy atom. The van der Waals surface area contributed by atoms with Crippen molar-refractivity contribution in [2.24, 2.45) is 5.92 Å². The topological polar surface area (TPSA) is 0 Å². The van der Waals surface area contributed by atoms with Crippen molar-refractivity contribution >= 4 is 18.2 Å². The average molecular weight is 266 g/mol. The van der Waals surface area contributed by atoms with Gasteiger partial charge in [-0.1, -0.05) is 70.2 Å². The molecule has 1 saturated carbocycles. The summed E-state index contributed by atoms with van der Waals surface area (Å²) >= 11 is 0. The Morgan fingerprint density at radius 1 is 0.800 bits per heavy atom. The Hall–Kier alpha value is -1.56. The van der Waals surface area contributed by atoms with Gasteiger partial charge in [-0.05, 0) is 53.0 Å². The molecule has 1 aromatic carbocycles. The smallest absolute Gasteiger partial charge is 0.00867 e. The summed E-state index contributed by atoms with van der Waals surface area (Å²) in [5.74, 6) is 1.67.